The highest BCUT2D eigenvalue weighted by Crippen LogP contribution is 2.40. The number of nitrogens with zero attached hydrogens (tertiary/aromatic N) is 2. The highest BCUT2D eigenvalue weighted by atomic mass is 35.5. The zero-order valence-corrected chi connectivity index (χ0v) is 11.3. The lowest BCUT2D eigenvalue weighted by atomic mass is 10.1. The monoisotopic (exact) mass is 263 g/mol. The zero-order chi connectivity index (χ0) is 9.71. The molecule has 0 amide bonds. The fraction of sp³-hybridized carbons (Fsp3) is 0.727. The molecule has 1 aromatic heterocycles. The molecule has 1 aromatic rings. The summed E-state index contributed by atoms with van der Waals surface area (Å²) < 4.78 is 2.34. The third-order valence-corrected chi connectivity index (χ3v) is 3.44. The molecule has 0 spiro atoms. The first-order valence-corrected chi connectivity index (χ1v) is 5.56. The van der Waals surface area contributed by atoms with Gasteiger partial charge in [0, 0.05) is 37.7 Å². The third-order valence-electron chi connectivity index (χ3n) is 3.44. The van der Waals surface area contributed by atoms with Crippen LogP contribution in [0.15, 0.2) is 0 Å². The van der Waals surface area contributed by atoms with E-state index in [1.54, 1.807) is 0 Å². The van der Waals surface area contributed by atoms with Crippen LogP contribution in [0, 0.1) is 0 Å². The van der Waals surface area contributed by atoms with E-state index in [1.165, 1.54) is 30.1 Å². The topological polar surface area (TPSA) is 29.9 Å². The fourth-order valence-electron chi connectivity index (χ4n) is 2.43. The quantitative estimate of drug-likeness (QED) is 0.843. The summed E-state index contributed by atoms with van der Waals surface area (Å²) in [5, 5.41) is 3.46. The smallest absolute Gasteiger partial charge is 0.112 e. The van der Waals surface area contributed by atoms with Crippen LogP contribution in [0.1, 0.15) is 48.9 Å². The number of aromatic nitrogens is 2. The number of fused-ring (bicyclic) bond motifs is 1. The summed E-state index contributed by atoms with van der Waals surface area (Å²) in [6.45, 7) is 3.31. The van der Waals surface area contributed by atoms with E-state index in [1.807, 2.05) is 0 Å². The van der Waals surface area contributed by atoms with Crippen molar-refractivity contribution in [3.63, 3.8) is 0 Å². The second-order valence-corrected chi connectivity index (χ2v) is 4.56. The lowest BCUT2D eigenvalue weighted by Gasteiger charge is -2.19. The number of rotatable bonds is 1. The van der Waals surface area contributed by atoms with Crippen LogP contribution in [0.25, 0.3) is 0 Å². The van der Waals surface area contributed by atoms with Crippen molar-refractivity contribution < 1.29 is 0 Å². The summed E-state index contributed by atoms with van der Waals surface area (Å²) in [7, 11) is 2.18. The molecule has 1 saturated carbocycles. The van der Waals surface area contributed by atoms with Gasteiger partial charge in [-0.25, -0.2) is 4.98 Å². The van der Waals surface area contributed by atoms with Crippen LogP contribution in [0.3, 0.4) is 0 Å². The van der Waals surface area contributed by atoms with Crippen LogP contribution >= 0.6 is 24.8 Å². The molecule has 5 heteroatoms. The molecular weight excluding hydrogens is 245 g/mol. The van der Waals surface area contributed by atoms with Crippen molar-refractivity contribution in [2.75, 3.05) is 6.54 Å². The summed E-state index contributed by atoms with van der Waals surface area (Å²) in [5.74, 6) is 2.09. The minimum Gasteiger partial charge on any atom is -0.334 e. The van der Waals surface area contributed by atoms with E-state index in [-0.39, 0.29) is 24.8 Å². The van der Waals surface area contributed by atoms with Crippen LogP contribution in [-0.2, 0) is 13.5 Å². The molecule has 0 bridgehead atoms. The van der Waals surface area contributed by atoms with Crippen molar-refractivity contribution in [3.05, 3.63) is 17.2 Å². The summed E-state index contributed by atoms with van der Waals surface area (Å²) in [6, 6.07) is 0.442. The third kappa shape index (κ3) is 2.08. The van der Waals surface area contributed by atoms with E-state index in [4.69, 9.17) is 4.98 Å². The van der Waals surface area contributed by atoms with Gasteiger partial charge in [-0.2, -0.15) is 0 Å². The summed E-state index contributed by atoms with van der Waals surface area (Å²) in [6.07, 6.45) is 3.81. The van der Waals surface area contributed by atoms with Crippen molar-refractivity contribution >= 4 is 24.8 Å². The van der Waals surface area contributed by atoms with Gasteiger partial charge in [0.2, 0.25) is 0 Å². The molecule has 1 atom stereocenters. The first kappa shape index (κ1) is 13.8. The molecular formula is C11H19Cl2N3. The van der Waals surface area contributed by atoms with Gasteiger partial charge < -0.3 is 9.88 Å². The minimum atomic E-state index is 0. The van der Waals surface area contributed by atoms with Gasteiger partial charge in [-0.05, 0) is 19.8 Å². The lowest BCUT2D eigenvalue weighted by Crippen LogP contribution is -2.28. The van der Waals surface area contributed by atoms with E-state index < -0.39 is 0 Å². The van der Waals surface area contributed by atoms with Crippen molar-refractivity contribution in [2.45, 2.75) is 38.1 Å². The van der Waals surface area contributed by atoms with Gasteiger partial charge >= 0.3 is 0 Å². The normalized spacial score (nSPS) is 23.0. The highest BCUT2D eigenvalue weighted by molar-refractivity contribution is 5.85. The van der Waals surface area contributed by atoms with Crippen molar-refractivity contribution in [2.24, 2.45) is 7.05 Å². The molecule has 1 unspecified atom stereocenters. The Morgan fingerprint density at radius 2 is 2.00 bits per heavy atom. The van der Waals surface area contributed by atoms with Gasteiger partial charge in [-0.15, -0.1) is 24.8 Å². The number of hydrogen-bond donors (Lipinski definition) is 1. The second kappa shape index (κ2) is 4.94. The molecule has 1 N–H and O–H groups in total. The van der Waals surface area contributed by atoms with Gasteiger partial charge in [0.15, 0.2) is 0 Å². The van der Waals surface area contributed by atoms with Crippen molar-refractivity contribution in [3.8, 4) is 0 Å². The Bertz CT molecular complexity index is 372. The van der Waals surface area contributed by atoms with Crippen molar-refractivity contribution in [1.29, 1.82) is 0 Å². The number of imidazole rings is 1. The second-order valence-electron chi connectivity index (χ2n) is 4.56. The Morgan fingerprint density at radius 1 is 1.31 bits per heavy atom. The Kier molecular flexibility index (Phi) is 4.27. The highest BCUT2D eigenvalue weighted by Gasteiger charge is 2.31. The van der Waals surface area contributed by atoms with Crippen LogP contribution in [0.2, 0.25) is 0 Å². The number of nitrogens with one attached hydrogen (secondary N) is 1. The van der Waals surface area contributed by atoms with Gasteiger partial charge in [0.25, 0.3) is 0 Å². The molecule has 0 saturated heterocycles. The first-order chi connectivity index (χ1) is 6.77. The Morgan fingerprint density at radius 3 is 2.56 bits per heavy atom. The number of hydrogen-bond acceptors (Lipinski definition) is 2. The van der Waals surface area contributed by atoms with Gasteiger partial charge in [-0.1, -0.05) is 0 Å². The average molecular weight is 264 g/mol. The standard InChI is InChI=1S/C11H17N3.2ClH/c1-7-10-9(5-6-12-7)14(2)11(13-10)8-3-4-8;;/h7-8,12H,3-6H2,1-2H3;2*1H. The maximum Gasteiger partial charge on any atom is 0.112 e. The predicted octanol–water partition coefficient (Wildman–Crippen LogP) is 2.35. The molecule has 92 valence electrons. The van der Waals surface area contributed by atoms with E-state index in [0.29, 0.717) is 6.04 Å². The summed E-state index contributed by atoms with van der Waals surface area (Å²) >= 11 is 0. The molecule has 1 aliphatic heterocycles. The Labute approximate surface area is 109 Å². The summed E-state index contributed by atoms with van der Waals surface area (Å²) in [5.41, 5.74) is 2.75. The zero-order valence-electron chi connectivity index (χ0n) is 9.69. The lowest BCUT2D eigenvalue weighted by molar-refractivity contribution is 0.519. The fourth-order valence-corrected chi connectivity index (χ4v) is 2.43. The summed E-state index contributed by atoms with van der Waals surface area (Å²) in [4.78, 5) is 4.79. The van der Waals surface area contributed by atoms with Gasteiger partial charge in [0.1, 0.15) is 5.82 Å². The SMILES string of the molecule is CC1NCCc2c1nc(C1CC1)n2C.Cl.Cl. The first-order valence-electron chi connectivity index (χ1n) is 5.56. The van der Waals surface area contributed by atoms with E-state index in [2.05, 4.69) is 23.9 Å². The molecule has 0 aromatic carbocycles. The Hall–Kier alpha value is -0.250. The van der Waals surface area contributed by atoms with Crippen molar-refractivity contribution in [1.82, 2.24) is 14.9 Å². The molecule has 1 fully saturated rings. The van der Waals surface area contributed by atoms with E-state index in [9.17, 15) is 0 Å². The molecule has 3 nitrogen and oxygen atoms in total. The predicted molar refractivity (Wildman–Crippen MR) is 69.8 cm³/mol. The molecule has 16 heavy (non-hydrogen) atoms. The molecule has 2 heterocycles. The van der Waals surface area contributed by atoms with Crippen LogP contribution in [0.5, 0.6) is 0 Å². The Balaban J connectivity index is 0.000000640. The maximum atomic E-state index is 4.79. The van der Waals surface area contributed by atoms with Gasteiger partial charge in [-0.3, -0.25) is 0 Å². The van der Waals surface area contributed by atoms with Crippen LogP contribution < -0.4 is 5.32 Å². The van der Waals surface area contributed by atoms with Crippen LogP contribution in [0.4, 0.5) is 0 Å². The molecule has 2 aliphatic rings. The van der Waals surface area contributed by atoms with E-state index >= 15 is 0 Å². The molecule has 1 aliphatic carbocycles. The van der Waals surface area contributed by atoms with Crippen LogP contribution in [-0.4, -0.2) is 16.1 Å². The average Bonchev–Trinajstić information content (AvgIpc) is 2.94. The van der Waals surface area contributed by atoms with E-state index in [0.717, 1.165) is 18.9 Å². The maximum absolute atomic E-state index is 4.79. The largest absolute Gasteiger partial charge is 0.334 e. The molecule has 3 rings (SSSR count). The van der Waals surface area contributed by atoms with Gasteiger partial charge in [0.05, 0.1) is 5.69 Å². The minimum absolute atomic E-state index is 0. The number of halogens is 2. The molecule has 0 radical (unpaired) electrons.